The number of hydrogen-bond donors (Lipinski definition) is 1. The van der Waals surface area contributed by atoms with Crippen molar-refractivity contribution in [2.45, 2.75) is 32.8 Å². The van der Waals surface area contributed by atoms with E-state index >= 15 is 0 Å². The first kappa shape index (κ1) is 15.9. The molecule has 1 aromatic carbocycles. The van der Waals surface area contributed by atoms with Crippen molar-refractivity contribution < 1.29 is 14.3 Å². The Hall–Kier alpha value is -2.11. The molecule has 110 valence electrons. The summed E-state index contributed by atoms with van der Waals surface area (Å²) in [5.41, 5.74) is -0.169. The lowest BCUT2D eigenvalue weighted by atomic mass is 10.2. The number of hydrogen-bond acceptors (Lipinski definition) is 5. The number of carbonyl (C=O) groups is 1. The van der Waals surface area contributed by atoms with Gasteiger partial charge in [0.2, 0.25) is 0 Å². The summed E-state index contributed by atoms with van der Waals surface area (Å²) in [4.78, 5) is 21.7. The molecular weight excluding hydrogens is 260 g/mol. The van der Waals surface area contributed by atoms with E-state index in [1.807, 2.05) is 20.8 Å². The van der Waals surface area contributed by atoms with Gasteiger partial charge in [0, 0.05) is 12.6 Å². The van der Waals surface area contributed by atoms with E-state index in [2.05, 4.69) is 10.5 Å². The maximum Gasteiger partial charge on any atom is 0.407 e. The summed E-state index contributed by atoms with van der Waals surface area (Å²) in [6.07, 6.45) is 0.197. The summed E-state index contributed by atoms with van der Waals surface area (Å²) in [6.45, 7) is 6.32. The van der Waals surface area contributed by atoms with Crippen LogP contribution in [0.4, 0.5) is 10.5 Å². The minimum absolute atomic E-state index is 0.328. The summed E-state index contributed by atoms with van der Waals surface area (Å²) < 4.78 is 10.5. The van der Waals surface area contributed by atoms with Crippen LogP contribution in [0.15, 0.2) is 29.4 Å². The van der Waals surface area contributed by atoms with Gasteiger partial charge in [-0.1, -0.05) is 6.07 Å². The van der Waals surface area contributed by atoms with Crippen molar-refractivity contribution in [1.82, 2.24) is 5.32 Å². The predicted molar refractivity (Wildman–Crippen MR) is 76.2 cm³/mol. The number of amides is 1. The van der Waals surface area contributed by atoms with Gasteiger partial charge < -0.3 is 14.8 Å². The molecule has 0 aliphatic heterocycles. The molecule has 1 amide bonds. The molecule has 0 spiro atoms. The zero-order chi connectivity index (χ0) is 15.0. The second-order valence-corrected chi connectivity index (χ2v) is 5.22. The topological polar surface area (TPSA) is 77.0 Å². The molecule has 20 heavy (non-hydrogen) atoms. The van der Waals surface area contributed by atoms with Crippen LogP contribution >= 0.6 is 0 Å². The van der Waals surface area contributed by atoms with Crippen LogP contribution in [0.1, 0.15) is 27.2 Å². The molecule has 0 aliphatic rings. The molecule has 0 bridgehead atoms. The average molecular weight is 280 g/mol. The molecule has 6 heteroatoms. The summed E-state index contributed by atoms with van der Waals surface area (Å²) in [7, 11) is 0. The highest BCUT2D eigenvalue weighted by atomic mass is 16.6. The second kappa shape index (κ2) is 7.47. The Labute approximate surface area is 118 Å². The number of alkyl carbamates (subject to hydrolysis) is 1. The smallest absolute Gasteiger partial charge is 0.407 e. The lowest BCUT2D eigenvalue weighted by molar-refractivity contribution is 0.0525. The summed E-state index contributed by atoms with van der Waals surface area (Å²) >= 11 is 0. The van der Waals surface area contributed by atoms with Gasteiger partial charge in [-0.05, 0) is 44.5 Å². The minimum atomic E-state index is -0.497. The van der Waals surface area contributed by atoms with Crippen molar-refractivity contribution in [3.05, 3.63) is 29.2 Å². The predicted octanol–water partition coefficient (Wildman–Crippen LogP) is 3.38. The fourth-order valence-corrected chi connectivity index (χ4v) is 1.40. The number of nitrogens with one attached hydrogen (secondary N) is 1. The van der Waals surface area contributed by atoms with Crippen LogP contribution in [0.25, 0.3) is 0 Å². The average Bonchev–Trinajstić information content (AvgIpc) is 2.36. The Morgan fingerprint density at radius 1 is 1.35 bits per heavy atom. The minimum Gasteiger partial charge on any atom is -0.493 e. The van der Waals surface area contributed by atoms with Gasteiger partial charge in [0.05, 0.1) is 6.61 Å². The third kappa shape index (κ3) is 6.72. The number of benzene rings is 1. The van der Waals surface area contributed by atoms with Crippen molar-refractivity contribution in [2.24, 2.45) is 5.18 Å². The maximum absolute atomic E-state index is 11.4. The molecule has 0 heterocycles. The molecule has 1 aromatic rings. The van der Waals surface area contributed by atoms with E-state index in [9.17, 15) is 9.70 Å². The number of nitroso groups, excluding NO2 is 1. The standard InChI is InChI=1S/C14H20N2O4/c1-14(2,3)20-13(17)15-8-5-9-19-12-7-4-6-11(10-12)16-18/h4,6-7,10H,5,8-9H2,1-3H3,(H,15,17). The highest BCUT2D eigenvalue weighted by Gasteiger charge is 2.15. The Balaban J connectivity index is 2.19. The third-order valence-electron chi connectivity index (χ3n) is 2.18. The Kier molecular flexibility index (Phi) is 5.96. The van der Waals surface area contributed by atoms with E-state index in [0.717, 1.165) is 0 Å². The molecule has 1 N–H and O–H groups in total. The van der Waals surface area contributed by atoms with Crippen LogP contribution in [-0.4, -0.2) is 24.8 Å². The first-order chi connectivity index (χ1) is 9.40. The van der Waals surface area contributed by atoms with Crippen LogP contribution in [0, 0.1) is 4.91 Å². The molecule has 6 nitrogen and oxygen atoms in total. The van der Waals surface area contributed by atoms with Gasteiger partial charge in [-0.2, -0.15) is 0 Å². The summed E-state index contributed by atoms with van der Waals surface area (Å²) in [5.74, 6) is 0.583. The highest BCUT2D eigenvalue weighted by molar-refractivity contribution is 5.67. The Morgan fingerprint density at radius 3 is 2.75 bits per heavy atom. The first-order valence-corrected chi connectivity index (χ1v) is 6.44. The molecule has 0 radical (unpaired) electrons. The maximum atomic E-state index is 11.4. The van der Waals surface area contributed by atoms with Gasteiger partial charge in [0.25, 0.3) is 0 Å². The van der Waals surface area contributed by atoms with E-state index in [1.165, 1.54) is 0 Å². The van der Waals surface area contributed by atoms with Crippen molar-refractivity contribution in [2.75, 3.05) is 13.2 Å². The molecule has 0 atom stereocenters. The SMILES string of the molecule is CC(C)(C)OC(=O)NCCCOc1cccc(N=O)c1. The van der Waals surface area contributed by atoms with Crippen molar-refractivity contribution >= 4 is 11.8 Å². The van der Waals surface area contributed by atoms with Gasteiger partial charge in [-0.25, -0.2) is 4.79 Å². The Morgan fingerprint density at radius 2 is 2.10 bits per heavy atom. The number of nitrogens with zero attached hydrogens (tertiary/aromatic N) is 1. The highest BCUT2D eigenvalue weighted by Crippen LogP contribution is 2.19. The fourth-order valence-electron chi connectivity index (χ4n) is 1.40. The molecular formula is C14H20N2O4. The normalized spacial score (nSPS) is 10.8. The van der Waals surface area contributed by atoms with Crippen molar-refractivity contribution in [3.63, 3.8) is 0 Å². The van der Waals surface area contributed by atoms with Gasteiger partial charge in [-0.3, -0.25) is 0 Å². The largest absolute Gasteiger partial charge is 0.493 e. The Bertz CT molecular complexity index is 455. The first-order valence-electron chi connectivity index (χ1n) is 6.44. The molecule has 0 unspecified atom stereocenters. The molecule has 1 rings (SSSR count). The molecule has 0 aliphatic carbocycles. The van der Waals surface area contributed by atoms with Crippen molar-refractivity contribution in [1.29, 1.82) is 0 Å². The van der Waals surface area contributed by atoms with Crippen LogP contribution < -0.4 is 10.1 Å². The van der Waals surface area contributed by atoms with Gasteiger partial charge in [0.1, 0.15) is 17.0 Å². The fraction of sp³-hybridized carbons (Fsp3) is 0.500. The summed E-state index contributed by atoms with van der Waals surface area (Å²) in [6, 6.07) is 6.61. The van der Waals surface area contributed by atoms with Crippen LogP contribution in [0.2, 0.25) is 0 Å². The van der Waals surface area contributed by atoms with Gasteiger partial charge >= 0.3 is 6.09 Å². The van der Waals surface area contributed by atoms with E-state index in [4.69, 9.17) is 9.47 Å². The monoisotopic (exact) mass is 280 g/mol. The van der Waals surface area contributed by atoms with E-state index < -0.39 is 11.7 Å². The van der Waals surface area contributed by atoms with Crippen molar-refractivity contribution in [3.8, 4) is 5.75 Å². The van der Waals surface area contributed by atoms with Crippen LogP contribution in [-0.2, 0) is 4.74 Å². The summed E-state index contributed by atoms with van der Waals surface area (Å²) in [5, 5.41) is 5.47. The number of carbonyl (C=O) groups excluding carboxylic acids is 1. The molecule has 0 saturated heterocycles. The molecule has 0 fully saturated rings. The molecule has 0 aromatic heterocycles. The number of rotatable bonds is 6. The third-order valence-corrected chi connectivity index (χ3v) is 2.18. The number of ether oxygens (including phenoxy) is 2. The van der Waals surface area contributed by atoms with Crippen LogP contribution in [0.3, 0.4) is 0 Å². The lowest BCUT2D eigenvalue weighted by Crippen LogP contribution is -2.33. The van der Waals surface area contributed by atoms with Gasteiger partial charge in [-0.15, -0.1) is 4.91 Å². The van der Waals surface area contributed by atoms with E-state index in [0.29, 0.717) is 31.0 Å². The van der Waals surface area contributed by atoms with E-state index in [-0.39, 0.29) is 0 Å². The van der Waals surface area contributed by atoms with Crippen LogP contribution in [0.5, 0.6) is 5.75 Å². The quantitative estimate of drug-likeness (QED) is 0.640. The zero-order valence-electron chi connectivity index (χ0n) is 12.0. The zero-order valence-corrected chi connectivity index (χ0v) is 12.0. The van der Waals surface area contributed by atoms with E-state index in [1.54, 1.807) is 24.3 Å². The second-order valence-electron chi connectivity index (χ2n) is 5.22. The lowest BCUT2D eigenvalue weighted by Gasteiger charge is -2.19. The molecule has 0 saturated carbocycles. The van der Waals surface area contributed by atoms with Gasteiger partial charge in [0.15, 0.2) is 0 Å².